The lowest BCUT2D eigenvalue weighted by Crippen LogP contribution is -2.35. The van der Waals surface area contributed by atoms with Gasteiger partial charge >= 0.3 is 5.69 Å². The summed E-state index contributed by atoms with van der Waals surface area (Å²) in [6.45, 7) is 4.04. The van der Waals surface area contributed by atoms with Crippen LogP contribution in [-0.4, -0.2) is 33.8 Å². The molecule has 0 radical (unpaired) electrons. The number of methoxy groups -OCH3 is 1. The number of nitro benzene ring substituents is 2. The van der Waals surface area contributed by atoms with E-state index in [4.69, 9.17) is 4.74 Å². The monoisotopic (exact) mass is 540 g/mol. The SMILES string of the molecule is CCc1ccc(-c2c3c(c(OC)c4cc(CC)ccc24)C(=O)N(Nc2ccc([N+](=O)[O-])cc2[N+](=O)[O-])C3=O)cc1. The standard InChI is InChI=1S/C29H24N4O7/c1-4-16-6-9-18(10-7-16)24-20-12-8-17(5-2)14-21(20)27(40-3)26-25(24)28(34)31(29(26)35)30-22-13-11-19(32(36)37)15-23(22)33(38)39/h6-15,30H,4-5H2,1-3H3. The number of amides is 2. The highest BCUT2D eigenvalue weighted by Gasteiger charge is 2.43. The topological polar surface area (TPSA) is 145 Å². The largest absolute Gasteiger partial charge is 0.495 e. The molecule has 5 rings (SSSR count). The number of nitrogens with one attached hydrogen (secondary N) is 1. The van der Waals surface area contributed by atoms with Crippen LogP contribution >= 0.6 is 0 Å². The second kappa shape index (κ2) is 10.1. The van der Waals surface area contributed by atoms with E-state index in [1.54, 1.807) is 0 Å². The van der Waals surface area contributed by atoms with Gasteiger partial charge in [-0.2, -0.15) is 5.01 Å². The van der Waals surface area contributed by atoms with Crippen molar-refractivity contribution in [3.8, 4) is 16.9 Å². The Labute approximate surface area is 228 Å². The van der Waals surface area contributed by atoms with E-state index in [-0.39, 0.29) is 22.6 Å². The van der Waals surface area contributed by atoms with Crippen molar-refractivity contribution in [2.45, 2.75) is 26.7 Å². The number of non-ortho nitro benzene ring substituents is 1. The van der Waals surface area contributed by atoms with Crippen molar-refractivity contribution in [3.05, 3.63) is 103 Å². The maximum atomic E-state index is 13.9. The molecule has 0 bridgehead atoms. The third kappa shape index (κ3) is 4.17. The third-order valence-corrected chi connectivity index (χ3v) is 7.04. The molecule has 0 atom stereocenters. The summed E-state index contributed by atoms with van der Waals surface area (Å²) in [6, 6.07) is 16.4. The number of carbonyl (C=O) groups excluding carboxylic acids is 2. The zero-order chi connectivity index (χ0) is 28.7. The second-order valence-electron chi connectivity index (χ2n) is 9.22. The lowest BCUT2D eigenvalue weighted by molar-refractivity contribution is -0.393. The Morgan fingerprint density at radius 2 is 1.43 bits per heavy atom. The van der Waals surface area contributed by atoms with E-state index in [0.717, 1.165) is 47.7 Å². The van der Waals surface area contributed by atoms with Crippen LogP contribution in [0, 0.1) is 20.2 Å². The van der Waals surface area contributed by atoms with Crippen molar-refractivity contribution in [2.24, 2.45) is 0 Å². The van der Waals surface area contributed by atoms with Gasteiger partial charge in [-0.25, -0.2) is 0 Å². The van der Waals surface area contributed by atoms with Crippen LogP contribution in [0.25, 0.3) is 21.9 Å². The number of aryl methyl sites for hydroxylation is 2. The Bertz CT molecular complexity index is 1730. The van der Waals surface area contributed by atoms with Gasteiger partial charge < -0.3 is 4.74 Å². The maximum Gasteiger partial charge on any atom is 0.300 e. The summed E-state index contributed by atoms with van der Waals surface area (Å²) in [5, 5.41) is 24.9. The average Bonchev–Trinajstić information content (AvgIpc) is 3.20. The summed E-state index contributed by atoms with van der Waals surface area (Å²) in [6.07, 6.45) is 1.56. The fourth-order valence-electron chi connectivity index (χ4n) is 4.98. The quantitative estimate of drug-likeness (QED) is 0.161. The number of benzene rings is 4. The first-order chi connectivity index (χ1) is 19.2. The summed E-state index contributed by atoms with van der Waals surface area (Å²) in [7, 11) is 1.42. The van der Waals surface area contributed by atoms with Gasteiger partial charge in [-0.1, -0.05) is 50.2 Å². The Hall–Kier alpha value is -5.32. The van der Waals surface area contributed by atoms with E-state index in [2.05, 4.69) is 5.43 Å². The minimum absolute atomic E-state index is 0.0277. The number of fused-ring (bicyclic) bond motifs is 2. The second-order valence-corrected chi connectivity index (χ2v) is 9.22. The molecule has 4 aromatic carbocycles. The van der Waals surface area contributed by atoms with E-state index in [1.165, 1.54) is 7.11 Å². The van der Waals surface area contributed by atoms with Gasteiger partial charge in [-0.05, 0) is 47.1 Å². The summed E-state index contributed by atoms with van der Waals surface area (Å²) >= 11 is 0. The van der Waals surface area contributed by atoms with Crippen LogP contribution in [0.3, 0.4) is 0 Å². The number of hydrazine groups is 1. The molecule has 2 amide bonds. The van der Waals surface area contributed by atoms with Crippen LogP contribution in [-0.2, 0) is 12.8 Å². The molecule has 1 N–H and O–H groups in total. The van der Waals surface area contributed by atoms with E-state index < -0.39 is 33.0 Å². The molecule has 4 aromatic rings. The normalized spacial score (nSPS) is 12.5. The average molecular weight is 541 g/mol. The fraction of sp³-hybridized carbons (Fsp3) is 0.172. The smallest absolute Gasteiger partial charge is 0.300 e. The van der Waals surface area contributed by atoms with Crippen molar-refractivity contribution in [2.75, 3.05) is 12.5 Å². The molecule has 1 aliphatic heterocycles. The van der Waals surface area contributed by atoms with Crippen LogP contribution in [0.4, 0.5) is 17.1 Å². The number of carbonyl (C=O) groups is 2. The molecule has 0 saturated heterocycles. The summed E-state index contributed by atoms with van der Waals surface area (Å²) < 4.78 is 5.71. The third-order valence-electron chi connectivity index (χ3n) is 7.04. The number of rotatable bonds is 8. The Balaban J connectivity index is 1.74. The number of hydrogen-bond acceptors (Lipinski definition) is 8. The van der Waals surface area contributed by atoms with Crippen molar-refractivity contribution >= 4 is 39.6 Å². The highest BCUT2D eigenvalue weighted by Crippen LogP contribution is 2.46. The van der Waals surface area contributed by atoms with Crippen molar-refractivity contribution < 1.29 is 24.2 Å². The molecule has 0 unspecified atom stereocenters. The molecule has 1 aliphatic rings. The number of nitro groups is 2. The van der Waals surface area contributed by atoms with Gasteiger partial charge in [0.05, 0.1) is 34.1 Å². The van der Waals surface area contributed by atoms with Gasteiger partial charge in [-0.3, -0.25) is 35.2 Å². The summed E-state index contributed by atoms with van der Waals surface area (Å²) in [4.78, 5) is 49.0. The molecule has 202 valence electrons. The highest BCUT2D eigenvalue weighted by atomic mass is 16.6. The molecule has 0 aromatic heterocycles. The zero-order valence-electron chi connectivity index (χ0n) is 21.9. The van der Waals surface area contributed by atoms with Crippen LogP contribution < -0.4 is 10.2 Å². The molecule has 0 saturated carbocycles. The van der Waals surface area contributed by atoms with E-state index in [1.807, 2.05) is 56.3 Å². The lowest BCUT2D eigenvalue weighted by Gasteiger charge is -2.17. The van der Waals surface area contributed by atoms with Gasteiger partial charge in [0, 0.05) is 17.0 Å². The zero-order valence-corrected chi connectivity index (χ0v) is 21.9. The van der Waals surface area contributed by atoms with Crippen LogP contribution in [0.5, 0.6) is 5.75 Å². The van der Waals surface area contributed by atoms with Gasteiger partial charge in [0.2, 0.25) is 0 Å². The number of anilines is 1. The van der Waals surface area contributed by atoms with Crippen LogP contribution in [0.15, 0.2) is 60.7 Å². The molecule has 11 heteroatoms. The van der Waals surface area contributed by atoms with Crippen LogP contribution in [0.1, 0.15) is 45.7 Å². The molecular weight excluding hydrogens is 516 g/mol. The number of hydrogen-bond donors (Lipinski definition) is 1. The number of imide groups is 1. The maximum absolute atomic E-state index is 13.9. The van der Waals surface area contributed by atoms with E-state index in [9.17, 15) is 29.8 Å². The van der Waals surface area contributed by atoms with Crippen molar-refractivity contribution in [3.63, 3.8) is 0 Å². The van der Waals surface area contributed by atoms with Crippen molar-refractivity contribution in [1.29, 1.82) is 0 Å². The fourth-order valence-corrected chi connectivity index (χ4v) is 4.98. The minimum atomic E-state index is -0.824. The highest BCUT2D eigenvalue weighted by molar-refractivity contribution is 6.29. The lowest BCUT2D eigenvalue weighted by atomic mass is 9.88. The Morgan fingerprint density at radius 1 is 0.775 bits per heavy atom. The predicted octanol–water partition coefficient (Wildman–Crippen LogP) is 6.08. The number of nitrogens with zero attached hydrogens (tertiary/aromatic N) is 3. The van der Waals surface area contributed by atoms with Gasteiger partial charge in [0.15, 0.2) is 0 Å². The van der Waals surface area contributed by atoms with Gasteiger partial charge in [0.25, 0.3) is 17.5 Å². The Morgan fingerprint density at radius 3 is 2.02 bits per heavy atom. The molecule has 40 heavy (non-hydrogen) atoms. The first-order valence-corrected chi connectivity index (χ1v) is 12.5. The predicted molar refractivity (Wildman–Crippen MR) is 149 cm³/mol. The van der Waals surface area contributed by atoms with E-state index in [0.29, 0.717) is 21.3 Å². The van der Waals surface area contributed by atoms with Gasteiger partial charge in [0.1, 0.15) is 11.4 Å². The van der Waals surface area contributed by atoms with E-state index >= 15 is 0 Å². The van der Waals surface area contributed by atoms with Crippen molar-refractivity contribution in [1.82, 2.24) is 5.01 Å². The molecular formula is C29H24N4O7. The van der Waals surface area contributed by atoms with Gasteiger partial charge in [-0.15, -0.1) is 0 Å². The first kappa shape index (κ1) is 26.3. The van der Waals surface area contributed by atoms with Crippen LogP contribution in [0.2, 0.25) is 0 Å². The molecule has 0 fully saturated rings. The molecule has 0 aliphatic carbocycles. The molecule has 0 spiro atoms. The Kier molecular flexibility index (Phi) is 6.64. The summed E-state index contributed by atoms with van der Waals surface area (Å²) in [5.74, 6) is -1.28. The minimum Gasteiger partial charge on any atom is -0.495 e. The number of ether oxygens (including phenoxy) is 1. The first-order valence-electron chi connectivity index (χ1n) is 12.5. The molecule has 11 nitrogen and oxygen atoms in total. The molecule has 1 heterocycles. The summed E-state index contributed by atoms with van der Waals surface area (Å²) in [5.41, 5.74) is 4.61.